The van der Waals surface area contributed by atoms with Crippen LogP contribution in [-0.2, 0) is 6.54 Å². The van der Waals surface area contributed by atoms with Gasteiger partial charge in [-0.15, -0.1) is 0 Å². The minimum absolute atomic E-state index is 1.06. The molecule has 1 aromatic carbocycles. The highest BCUT2D eigenvalue weighted by molar-refractivity contribution is 5.19. The number of hydrogen-bond donors (Lipinski definition) is 0. The fourth-order valence-electron chi connectivity index (χ4n) is 6.45. The lowest BCUT2D eigenvalue weighted by Gasteiger charge is -2.37. The average molecular weight is 808 g/mol. The van der Waals surface area contributed by atoms with Crippen LogP contribution in [0.25, 0.3) is 0 Å². The van der Waals surface area contributed by atoms with Gasteiger partial charge >= 0.3 is 0 Å². The minimum Gasteiger partial charge on any atom is -0.331 e. The molecule has 5 heteroatoms. The number of hydrogen-bond acceptors (Lipinski definition) is 0. The predicted octanol–water partition coefficient (Wildman–Crippen LogP) is 13.0. The van der Waals surface area contributed by atoms with Crippen molar-refractivity contribution in [3.8, 4) is 0 Å². The fraction of sp³-hybridized carbons (Fsp3) is 0.788. The van der Waals surface area contributed by atoms with E-state index >= 15 is 0 Å². The molecular weight excluding hydrogens is 695 g/mol. The SMILES string of the molecule is CC.CCC.CCC[N+](CC)(CCC)CCC.CC[N+](C)(C)C.CC[N+](CC)(CC)CC.CC[N+]1(C)CCCCC1.CC[n+]1ccccc1.Cc1ccc(C)cc1. The molecule has 0 bridgehead atoms. The summed E-state index contributed by atoms with van der Waals surface area (Å²) in [4.78, 5) is 0. The zero-order valence-corrected chi connectivity index (χ0v) is 43.6. The molecule has 3 rings (SSSR count). The first-order chi connectivity index (χ1) is 26.9. The van der Waals surface area contributed by atoms with E-state index in [1.807, 2.05) is 32.0 Å². The van der Waals surface area contributed by atoms with E-state index in [4.69, 9.17) is 0 Å². The Morgan fingerprint density at radius 3 is 1.00 bits per heavy atom. The van der Waals surface area contributed by atoms with E-state index in [1.54, 1.807) is 0 Å². The van der Waals surface area contributed by atoms with Crippen molar-refractivity contribution in [3.05, 3.63) is 66.0 Å². The number of aromatic nitrogens is 1. The zero-order chi connectivity index (χ0) is 45.2. The molecule has 2 heterocycles. The van der Waals surface area contributed by atoms with Gasteiger partial charge in [0.25, 0.3) is 0 Å². The van der Waals surface area contributed by atoms with Gasteiger partial charge in [-0.05, 0) is 108 Å². The third kappa shape index (κ3) is 39.4. The fourth-order valence-corrected chi connectivity index (χ4v) is 6.45. The summed E-state index contributed by atoms with van der Waals surface area (Å²) in [5, 5.41) is 0. The number of rotatable bonds is 14. The van der Waals surface area contributed by atoms with Crippen molar-refractivity contribution >= 4 is 0 Å². The number of aryl methyl sites for hydroxylation is 3. The molecule has 0 radical (unpaired) electrons. The maximum absolute atomic E-state index is 2.37. The highest BCUT2D eigenvalue weighted by Crippen LogP contribution is 2.15. The van der Waals surface area contributed by atoms with E-state index in [2.05, 4.69) is 173 Å². The number of piperidine rings is 1. The van der Waals surface area contributed by atoms with Crippen LogP contribution in [-0.4, -0.2) is 125 Å². The molecule has 1 saturated heterocycles. The largest absolute Gasteiger partial charge is 0.331 e. The van der Waals surface area contributed by atoms with Gasteiger partial charge in [0.15, 0.2) is 12.4 Å². The molecule has 0 saturated carbocycles. The van der Waals surface area contributed by atoms with Gasteiger partial charge in [0.05, 0.1) is 107 Å². The maximum atomic E-state index is 2.37. The van der Waals surface area contributed by atoms with Crippen LogP contribution in [0.4, 0.5) is 0 Å². The summed E-state index contributed by atoms with van der Waals surface area (Å²) in [7, 11) is 8.92. The molecule has 5 nitrogen and oxygen atoms in total. The number of likely N-dealkylation sites (tertiary alicyclic amines) is 1. The predicted molar refractivity (Wildman–Crippen MR) is 263 cm³/mol. The van der Waals surface area contributed by atoms with Gasteiger partial charge in [-0.25, -0.2) is 4.57 Å². The molecule has 0 spiro atoms. The number of benzene rings is 1. The maximum Gasteiger partial charge on any atom is 0.168 e. The van der Waals surface area contributed by atoms with Crippen molar-refractivity contribution in [1.82, 2.24) is 0 Å². The molecule has 1 aromatic heterocycles. The molecule has 1 fully saturated rings. The summed E-state index contributed by atoms with van der Waals surface area (Å²) in [6.45, 7) is 54.3. The van der Waals surface area contributed by atoms with Crippen molar-refractivity contribution in [1.29, 1.82) is 0 Å². The van der Waals surface area contributed by atoms with Crippen LogP contribution < -0.4 is 4.57 Å². The molecule has 0 unspecified atom stereocenters. The van der Waals surface area contributed by atoms with E-state index in [0.29, 0.717) is 0 Å². The summed E-state index contributed by atoms with van der Waals surface area (Å²) in [5.74, 6) is 0. The Labute approximate surface area is 363 Å². The summed E-state index contributed by atoms with van der Waals surface area (Å²) >= 11 is 0. The summed E-state index contributed by atoms with van der Waals surface area (Å²) < 4.78 is 7.14. The van der Waals surface area contributed by atoms with E-state index in [9.17, 15) is 0 Å². The Balaban J connectivity index is -0.000000187. The van der Waals surface area contributed by atoms with Crippen molar-refractivity contribution < 1.29 is 22.5 Å². The normalized spacial score (nSPS) is 12.8. The summed E-state index contributed by atoms with van der Waals surface area (Å²) in [6.07, 6.45) is 13.7. The minimum atomic E-state index is 1.06. The van der Waals surface area contributed by atoms with Gasteiger partial charge in [0, 0.05) is 12.1 Å². The first-order valence-corrected chi connectivity index (χ1v) is 24.3. The van der Waals surface area contributed by atoms with Gasteiger partial charge in [0.2, 0.25) is 0 Å². The first kappa shape index (κ1) is 64.4. The third-order valence-electron chi connectivity index (χ3n) is 11.4. The smallest absolute Gasteiger partial charge is 0.168 e. The van der Waals surface area contributed by atoms with Crippen molar-refractivity contribution in [3.63, 3.8) is 0 Å². The highest BCUT2D eigenvalue weighted by Gasteiger charge is 2.22. The Morgan fingerprint density at radius 1 is 0.509 bits per heavy atom. The molecule has 1 aliphatic rings. The van der Waals surface area contributed by atoms with Gasteiger partial charge in [0.1, 0.15) is 6.54 Å². The molecule has 0 N–H and O–H groups in total. The van der Waals surface area contributed by atoms with Crippen LogP contribution >= 0.6 is 0 Å². The second kappa shape index (κ2) is 42.3. The van der Waals surface area contributed by atoms with E-state index in [1.165, 1.54) is 148 Å². The van der Waals surface area contributed by atoms with Crippen LogP contribution in [0.15, 0.2) is 54.9 Å². The van der Waals surface area contributed by atoms with Gasteiger partial charge in [-0.2, -0.15) is 0 Å². The molecule has 57 heavy (non-hydrogen) atoms. The molecule has 1 aliphatic heterocycles. The Bertz CT molecular complexity index is 963. The van der Waals surface area contributed by atoms with Crippen molar-refractivity contribution in [2.24, 2.45) is 0 Å². The van der Waals surface area contributed by atoms with Gasteiger partial charge < -0.3 is 17.9 Å². The molecule has 0 aliphatic carbocycles. The van der Waals surface area contributed by atoms with Crippen LogP contribution in [0.5, 0.6) is 0 Å². The Kier molecular flexibility index (Phi) is 47.8. The first-order valence-electron chi connectivity index (χ1n) is 24.3. The topological polar surface area (TPSA) is 3.88 Å². The van der Waals surface area contributed by atoms with E-state index in [-0.39, 0.29) is 0 Å². The van der Waals surface area contributed by atoms with Crippen molar-refractivity contribution in [2.75, 3.05) is 107 Å². The van der Waals surface area contributed by atoms with Crippen LogP contribution in [0.1, 0.15) is 160 Å². The number of nitrogens with zero attached hydrogens (tertiary/aromatic N) is 5. The average Bonchev–Trinajstić information content (AvgIpc) is 3.23. The van der Waals surface area contributed by atoms with Crippen LogP contribution in [0, 0.1) is 13.8 Å². The van der Waals surface area contributed by atoms with E-state index in [0.717, 1.165) is 11.0 Å². The summed E-state index contributed by atoms with van der Waals surface area (Å²) in [5.41, 5.74) is 2.66. The molecule has 340 valence electrons. The quantitative estimate of drug-likeness (QED) is 0.132. The highest BCUT2D eigenvalue weighted by atomic mass is 15.3. The van der Waals surface area contributed by atoms with Gasteiger partial charge in [-0.1, -0.05) is 96.3 Å². The molecule has 0 atom stereocenters. The second-order valence-corrected chi connectivity index (χ2v) is 17.1. The molecular formula is C52H112N5+5. The Hall–Kier alpha value is -1.79. The number of quaternary nitrogens is 4. The van der Waals surface area contributed by atoms with Crippen LogP contribution in [0.3, 0.4) is 0 Å². The van der Waals surface area contributed by atoms with Gasteiger partial charge in [-0.3, -0.25) is 0 Å². The standard InChI is InChI=1S/C11H26N.C8H18N.C8H20N.C8H10.C7H10N.C5H14N.C3H8.C2H6/c1-5-9-12(8-4,10-6-2)11-7-3;1-3-9(2)7-5-4-6-8-9;1-5-9(6-2,7-3)8-4;1-7-3-5-8(2)6-4-7;1-2-8-6-4-3-5-7-8;1-5-6(2,3)4;1-3-2;1-2/h5-11H2,1-4H3;3-8H2,1-2H3;5-8H2,1-4H3;3-6H,1-2H3;3-7H,2H2,1H3;5H2,1-4H3;3H2,1-2H3;1-2H3/q3*+1;;2*+1;;. The van der Waals surface area contributed by atoms with E-state index < -0.39 is 0 Å². The van der Waals surface area contributed by atoms with Crippen molar-refractivity contribution in [2.45, 2.75) is 169 Å². The van der Waals surface area contributed by atoms with Crippen LogP contribution in [0.2, 0.25) is 0 Å². The third-order valence-corrected chi connectivity index (χ3v) is 11.4. The molecule has 0 amide bonds. The lowest BCUT2D eigenvalue weighted by molar-refractivity contribution is -0.926. The molecule has 2 aromatic rings. The number of pyridine rings is 1. The lowest BCUT2D eigenvalue weighted by Crippen LogP contribution is -2.49. The monoisotopic (exact) mass is 807 g/mol. The second-order valence-electron chi connectivity index (χ2n) is 17.1. The zero-order valence-electron chi connectivity index (χ0n) is 43.6. The Morgan fingerprint density at radius 2 is 0.825 bits per heavy atom. The summed E-state index contributed by atoms with van der Waals surface area (Å²) in [6, 6.07) is 14.6. The lowest BCUT2D eigenvalue weighted by atomic mass is 10.1.